The third kappa shape index (κ3) is 4.25. The van der Waals surface area contributed by atoms with E-state index in [-0.39, 0.29) is 0 Å². The van der Waals surface area contributed by atoms with Crippen LogP contribution in [0, 0.1) is 0 Å². The molecular formula is C7H19NSi2. The molecule has 0 N–H and O–H groups in total. The van der Waals surface area contributed by atoms with Gasteiger partial charge in [-0.05, 0) is 19.3 Å². The highest BCUT2D eigenvalue weighted by atomic mass is 28.4. The predicted molar refractivity (Wildman–Crippen MR) is 52.2 cm³/mol. The summed E-state index contributed by atoms with van der Waals surface area (Å²) in [6.07, 6.45) is 0. The largest absolute Gasteiger partial charge is 0.331 e. The van der Waals surface area contributed by atoms with Crippen molar-refractivity contribution in [1.29, 1.82) is 0 Å². The average molecular weight is 173 g/mol. The molecule has 1 nitrogen and oxygen atoms in total. The quantitative estimate of drug-likeness (QED) is 0.589. The van der Waals surface area contributed by atoms with Crippen LogP contribution >= 0.6 is 0 Å². The summed E-state index contributed by atoms with van der Waals surface area (Å²) in [5.41, 5.74) is 0. The van der Waals surface area contributed by atoms with E-state index in [4.69, 9.17) is 0 Å². The molecule has 0 aliphatic heterocycles. The lowest BCUT2D eigenvalue weighted by Crippen LogP contribution is -2.35. The van der Waals surface area contributed by atoms with Crippen molar-refractivity contribution >= 4 is 17.8 Å². The maximum Gasteiger partial charge on any atom is 0.141 e. The molecule has 0 heterocycles. The Morgan fingerprint density at radius 1 is 1.20 bits per heavy atom. The van der Waals surface area contributed by atoms with Crippen LogP contribution in [-0.2, 0) is 0 Å². The lowest BCUT2D eigenvalue weighted by atomic mass is 10.9. The third-order valence-corrected chi connectivity index (χ3v) is 8.24. The Morgan fingerprint density at radius 2 is 1.60 bits per heavy atom. The van der Waals surface area contributed by atoms with Crippen molar-refractivity contribution in [2.75, 3.05) is 14.1 Å². The van der Waals surface area contributed by atoms with Gasteiger partial charge < -0.3 is 4.57 Å². The van der Waals surface area contributed by atoms with Gasteiger partial charge in [-0.1, -0.05) is 26.6 Å². The van der Waals surface area contributed by atoms with E-state index in [1.54, 1.807) is 0 Å². The fourth-order valence-electron chi connectivity index (χ4n) is 0.581. The van der Waals surface area contributed by atoms with Gasteiger partial charge in [-0.25, -0.2) is 0 Å². The minimum absolute atomic E-state index is 0.853. The van der Waals surface area contributed by atoms with E-state index in [2.05, 4.69) is 45.2 Å². The molecule has 10 heavy (non-hydrogen) atoms. The molecule has 0 saturated heterocycles. The van der Waals surface area contributed by atoms with Gasteiger partial charge in [-0.3, -0.25) is 0 Å². The van der Waals surface area contributed by atoms with Crippen LogP contribution in [0.4, 0.5) is 0 Å². The molecule has 0 spiro atoms. The number of rotatable bonds is 3. The minimum Gasteiger partial charge on any atom is -0.331 e. The maximum absolute atomic E-state index is 2.44. The SMILES string of the molecule is CC([Si]N(C)C)[Si](C)(C)C. The smallest absolute Gasteiger partial charge is 0.141 e. The van der Waals surface area contributed by atoms with Gasteiger partial charge >= 0.3 is 0 Å². The molecule has 0 amide bonds. The van der Waals surface area contributed by atoms with Crippen LogP contribution in [0.5, 0.6) is 0 Å². The fourth-order valence-corrected chi connectivity index (χ4v) is 3.68. The first-order valence-corrected chi connectivity index (χ1v) is 8.37. The first-order chi connectivity index (χ1) is 4.34. The van der Waals surface area contributed by atoms with Crippen LogP contribution in [0.3, 0.4) is 0 Å². The number of hydrogen-bond donors (Lipinski definition) is 0. The summed E-state index contributed by atoms with van der Waals surface area (Å²) in [7, 11) is 4.48. The van der Waals surface area contributed by atoms with Crippen molar-refractivity contribution in [3.05, 3.63) is 0 Å². The van der Waals surface area contributed by atoms with E-state index in [0.717, 1.165) is 14.8 Å². The molecule has 0 fully saturated rings. The standard InChI is InChI=1S/C7H19NSi2/c1-7(9-8(2)3)10(4,5)6/h7H,1-6H3. The molecule has 1 unspecified atom stereocenters. The first kappa shape index (κ1) is 10.4. The van der Waals surface area contributed by atoms with Crippen LogP contribution in [0.2, 0.25) is 24.8 Å². The van der Waals surface area contributed by atoms with Crippen molar-refractivity contribution in [1.82, 2.24) is 4.57 Å². The van der Waals surface area contributed by atoms with E-state index in [9.17, 15) is 0 Å². The second-order valence-electron chi connectivity index (χ2n) is 4.11. The van der Waals surface area contributed by atoms with E-state index in [1.807, 2.05) is 0 Å². The highest BCUT2D eigenvalue weighted by Crippen LogP contribution is 2.19. The summed E-state index contributed by atoms with van der Waals surface area (Å²) in [4.78, 5) is 0. The molecule has 0 saturated carbocycles. The lowest BCUT2D eigenvalue weighted by Gasteiger charge is -2.26. The highest BCUT2D eigenvalue weighted by molar-refractivity contribution is 6.84. The van der Waals surface area contributed by atoms with Crippen LogP contribution in [-0.4, -0.2) is 36.4 Å². The van der Waals surface area contributed by atoms with Crippen molar-refractivity contribution in [3.8, 4) is 0 Å². The topological polar surface area (TPSA) is 3.24 Å². The maximum atomic E-state index is 2.44. The Labute approximate surface area is 68.7 Å². The van der Waals surface area contributed by atoms with Gasteiger partial charge in [0.25, 0.3) is 0 Å². The normalized spacial score (nSPS) is 15.9. The first-order valence-electron chi connectivity index (χ1n) is 3.77. The van der Waals surface area contributed by atoms with Gasteiger partial charge in [0.2, 0.25) is 0 Å². The molecule has 0 bridgehead atoms. The molecule has 0 aliphatic carbocycles. The van der Waals surface area contributed by atoms with Crippen LogP contribution in [0.15, 0.2) is 0 Å². The zero-order chi connectivity index (χ0) is 8.36. The molecule has 0 rings (SSSR count). The second-order valence-corrected chi connectivity index (χ2v) is 12.3. The molecule has 0 aliphatic rings. The van der Waals surface area contributed by atoms with Crippen molar-refractivity contribution in [2.24, 2.45) is 0 Å². The summed E-state index contributed by atoms with van der Waals surface area (Å²) in [5.74, 6) is 0. The lowest BCUT2D eigenvalue weighted by molar-refractivity contribution is 0.654. The monoisotopic (exact) mass is 173 g/mol. The zero-order valence-corrected chi connectivity index (χ0v) is 10.0. The molecule has 3 heteroatoms. The van der Waals surface area contributed by atoms with Crippen LogP contribution in [0.1, 0.15) is 6.92 Å². The van der Waals surface area contributed by atoms with Gasteiger partial charge in [0.15, 0.2) is 0 Å². The molecule has 60 valence electrons. The molecule has 0 aromatic heterocycles. The van der Waals surface area contributed by atoms with Crippen molar-refractivity contribution in [3.63, 3.8) is 0 Å². The predicted octanol–water partition coefficient (Wildman–Crippen LogP) is 1.85. The van der Waals surface area contributed by atoms with E-state index in [1.165, 1.54) is 0 Å². The Balaban J connectivity index is 3.73. The van der Waals surface area contributed by atoms with Gasteiger partial charge in [0.1, 0.15) is 9.68 Å². The molecular weight excluding hydrogens is 154 g/mol. The molecule has 0 aromatic rings. The Hall–Kier alpha value is 0.394. The Bertz CT molecular complexity index is 96.3. The van der Waals surface area contributed by atoms with Crippen LogP contribution < -0.4 is 0 Å². The summed E-state index contributed by atoms with van der Waals surface area (Å²) in [5, 5.41) is 0.933. The van der Waals surface area contributed by atoms with Crippen LogP contribution in [0.25, 0.3) is 0 Å². The fraction of sp³-hybridized carbons (Fsp3) is 1.00. The minimum atomic E-state index is -0.853. The zero-order valence-electron chi connectivity index (χ0n) is 8.02. The molecule has 0 aromatic carbocycles. The summed E-state index contributed by atoms with van der Waals surface area (Å²) < 4.78 is 2.31. The summed E-state index contributed by atoms with van der Waals surface area (Å²) >= 11 is 0. The Morgan fingerprint density at radius 3 is 1.70 bits per heavy atom. The van der Waals surface area contributed by atoms with E-state index < -0.39 is 8.07 Å². The van der Waals surface area contributed by atoms with E-state index in [0.29, 0.717) is 0 Å². The molecule has 1 atom stereocenters. The van der Waals surface area contributed by atoms with Gasteiger partial charge in [0.05, 0.1) is 0 Å². The van der Waals surface area contributed by atoms with Gasteiger partial charge in [0, 0.05) is 8.07 Å². The van der Waals surface area contributed by atoms with Gasteiger partial charge in [-0.15, -0.1) is 0 Å². The van der Waals surface area contributed by atoms with Gasteiger partial charge in [-0.2, -0.15) is 0 Å². The second kappa shape index (κ2) is 3.69. The highest BCUT2D eigenvalue weighted by Gasteiger charge is 2.23. The van der Waals surface area contributed by atoms with Crippen molar-refractivity contribution in [2.45, 2.75) is 31.7 Å². The third-order valence-electron chi connectivity index (χ3n) is 1.75. The van der Waals surface area contributed by atoms with E-state index >= 15 is 0 Å². The summed E-state index contributed by atoms with van der Waals surface area (Å²) in [6, 6.07) is 0. The number of nitrogens with zero attached hydrogens (tertiary/aromatic N) is 1. The molecule has 2 radical (unpaired) electrons. The van der Waals surface area contributed by atoms with Crippen molar-refractivity contribution < 1.29 is 0 Å². The summed E-state index contributed by atoms with van der Waals surface area (Å²) in [6.45, 7) is 9.70. The Kier molecular flexibility index (Phi) is 3.83. The average Bonchev–Trinajstić information content (AvgIpc) is 1.60. The number of hydrogen-bond acceptors (Lipinski definition) is 1.